The molecule has 1 aliphatic rings. The van der Waals surface area contributed by atoms with Gasteiger partial charge in [0.25, 0.3) is 0 Å². The Kier molecular flexibility index (Phi) is 11.5. The van der Waals surface area contributed by atoms with E-state index in [-0.39, 0.29) is 0 Å². The minimum absolute atomic E-state index is 0.416. The Hall–Kier alpha value is -0.530. The van der Waals surface area contributed by atoms with Crippen molar-refractivity contribution in [2.24, 2.45) is 11.8 Å². The highest BCUT2D eigenvalue weighted by atomic mass is 16.2. The minimum Gasteiger partial charge on any atom is -0.342 e. The van der Waals surface area contributed by atoms with Crippen LogP contribution >= 0.6 is 0 Å². The third-order valence-corrected chi connectivity index (χ3v) is 5.59. The number of hydrogen-bond donors (Lipinski definition) is 0. The van der Waals surface area contributed by atoms with E-state index in [9.17, 15) is 4.79 Å². The molecule has 0 spiro atoms. The van der Waals surface area contributed by atoms with Gasteiger partial charge in [-0.05, 0) is 31.1 Å². The zero-order valence-electron chi connectivity index (χ0n) is 16.1. The van der Waals surface area contributed by atoms with E-state index in [2.05, 4.69) is 25.7 Å². The van der Waals surface area contributed by atoms with Gasteiger partial charge in [-0.15, -0.1) is 0 Å². The fourth-order valence-electron chi connectivity index (χ4n) is 3.84. The second kappa shape index (κ2) is 12.8. The molecule has 136 valence electrons. The smallest absolute Gasteiger partial charge is 0.222 e. The van der Waals surface area contributed by atoms with Gasteiger partial charge in [-0.1, -0.05) is 78.6 Å². The summed E-state index contributed by atoms with van der Waals surface area (Å²) in [5, 5.41) is 0. The van der Waals surface area contributed by atoms with Crippen molar-refractivity contribution in [3.05, 3.63) is 0 Å². The Labute approximate surface area is 145 Å². The van der Waals surface area contributed by atoms with Crippen molar-refractivity contribution in [1.82, 2.24) is 4.90 Å². The van der Waals surface area contributed by atoms with Crippen LogP contribution in [0.2, 0.25) is 0 Å². The number of unbranched alkanes of at least 4 members (excludes halogenated alkanes) is 6. The molecule has 1 aliphatic heterocycles. The molecule has 0 N–H and O–H groups in total. The molecule has 0 aromatic rings. The number of piperidine rings is 1. The highest BCUT2D eigenvalue weighted by Gasteiger charge is 2.26. The van der Waals surface area contributed by atoms with Gasteiger partial charge in [-0.25, -0.2) is 0 Å². The molecule has 0 saturated carbocycles. The van der Waals surface area contributed by atoms with Gasteiger partial charge < -0.3 is 4.90 Å². The van der Waals surface area contributed by atoms with Crippen molar-refractivity contribution in [1.29, 1.82) is 0 Å². The molecule has 0 aromatic carbocycles. The third kappa shape index (κ3) is 8.77. The molecule has 2 atom stereocenters. The van der Waals surface area contributed by atoms with Crippen LogP contribution in [-0.2, 0) is 4.79 Å². The van der Waals surface area contributed by atoms with Crippen LogP contribution in [0.1, 0.15) is 104 Å². The average Bonchev–Trinajstić information content (AvgIpc) is 2.57. The second-order valence-electron chi connectivity index (χ2n) is 7.68. The zero-order chi connectivity index (χ0) is 16.9. The zero-order valence-corrected chi connectivity index (χ0v) is 16.1. The van der Waals surface area contributed by atoms with Crippen molar-refractivity contribution < 1.29 is 4.79 Å². The maximum atomic E-state index is 12.2. The minimum atomic E-state index is 0.416. The first-order chi connectivity index (χ1) is 11.2. The lowest BCUT2D eigenvalue weighted by molar-refractivity contribution is -0.135. The van der Waals surface area contributed by atoms with Crippen LogP contribution in [-0.4, -0.2) is 23.9 Å². The summed E-state index contributed by atoms with van der Waals surface area (Å²) in [5.41, 5.74) is 0. The highest BCUT2D eigenvalue weighted by Crippen LogP contribution is 2.25. The molecule has 23 heavy (non-hydrogen) atoms. The Morgan fingerprint density at radius 2 is 1.70 bits per heavy atom. The van der Waals surface area contributed by atoms with E-state index in [1.807, 2.05) is 0 Å². The Morgan fingerprint density at radius 3 is 2.39 bits per heavy atom. The van der Waals surface area contributed by atoms with E-state index in [1.54, 1.807) is 0 Å². The lowest BCUT2D eigenvalue weighted by Crippen LogP contribution is -2.42. The van der Waals surface area contributed by atoms with Crippen molar-refractivity contribution in [2.75, 3.05) is 13.1 Å². The predicted molar refractivity (Wildman–Crippen MR) is 101 cm³/mol. The lowest BCUT2D eigenvalue weighted by atomic mass is 9.90. The van der Waals surface area contributed by atoms with E-state index in [4.69, 9.17) is 0 Å². The van der Waals surface area contributed by atoms with Gasteiger partial charge in [-0.3, -0.25) is 4.79 Å². The molecular weight excluding hydrogens is 282 g/mol. The number of nitrogens with zero attached hydrogens (tertiary/aromatic N) is 1. The summed E-state index contributed by atoms with van der Waals surface area (Å²) in [6.45, 7) is 8.87. The first-order valence-corrected chi connectivity index (χ1v) is 10.5. The summed E-state index contributed by atoms with van der Waals surface area (Å²) in [6.07, 6.45) is 16.6. The molecule has 2 heteroatoms. The molecule has 0 radical (unpaired) electrons. The number of likely N-dealkylation sites (tertiary alicyclic amines) is 1. The first-order valence-electron chi connectivity index (χ1n) is 10.5. The normalized spacial score (nSPS) is 20.0. The molecule has 1 fully saturated rings. The number of carbonyl (C=O) groups excluding carboxylic acids is 1. The molecule has 2 unspecified atom stereocenters. The standard InChI is InChI=1S/C21H41NO/c1-4-7-9-10-11-12-14-20-15-16-21(23)22(18-20)17-19(6-3)13-8-5-2/h19-20H,4-18H2,1-3H3. The van der Waals surface area contributed by atoms with E-state index < -0.39 is 0 Å². The van der Waals surface area contributed by atoms with Crippen molar-refractivity contribution in [3.8, 4) is 0 Å². The molecule has 1 rings (SSSR count). The quantitative estimate of drug-likeness (QED) is 0.370. The Bertz CT molecular complexity index is 302. The maximum Gasteiger partial charge on any atom is 0.222 e. The van der Waals surface area contributed by atoms with E-state index >= 15 is 0 Å². The molecule has 0 aliphatic carbocycles. The van der Waals surface area contributed by atoms with Crippen LogP contribution < -0.4 is 0 Å². The van der Waals surface area contributed by atoms with Gasteiger partial charge in [0.15, 0.2) is 0 Å². The lowest BCUT2D eigenvalue weighted by Gasteiger charge is -2.35. The second-order valence-corrected chi connectivity index (χ2v) is 7.68. The van der Waals surface area contributed by atoms with Gasteiger partial charge in [0, 0.05) is 19.5 Å². The van der Waals surface area contributed by atoms with Crippen LogP contribution in [0.25, 0.3) is 0 Å². The number of amides is 1. The first kappa shape index (κ1) is 20.5. The summed E-state index contributed by atoms with van der Waals surface area (Å²) in [4.78, 5) is 14.4. The monoisotopic (exact) mass is 323 g/mol. The van der Waals surface area contributed by atoms with Crippen LogP contribution in [0.4, 0.5) is 0 Å². The highest BCUT2D eigenvalue weighted by molar-refractivity contribution is 5.76. The maximum absolute atomic E-state index is 12.2. The van der Waals surface area contributed by atoms with Gasteiger partial charge in [-0.2, -0.15) is 0 Å². The van der Waals surface area contributed by atoms with Crippen LogP contribution in [0.5, 0.6) is 0 Å². The molecule has 1 saturated heterocycles. The summed E-state index contributed by atoms with van der Waals surface area (Å²) in [6, 6.07) is 0. The molecule has 2 nitrogen and oxygen atoms in total. The summed E-state index contributed by atoms with van der Waals surface area (Å²) >= 11 is 0. The third-order valence-electron chi connectivity index (χ3n) is 5.59. The summed E-state index contributed by atoms with van der Waals surface area (Å²) < 4.78 is 0. The number of rotatable bonds is 13. The van der Waals surface area contributed by atoms with Crippen molar-refractivity contribution in [2.45, 2.75) is 104 Å². The summed E-state index contributed by atoms with van der Waals surface area (Å²) in [7, 11) is 0. The largest absolute Gasteiger partial charge is 0.342 e. The molecular formula is C21H41NO. The fraction of sp³-hybridized carbons (Fsp3) is 0.952. The van der Waals surface area contributed by atoms with E-state index in [0.29, 0.717) is 11.8 Å². The Balaban J connectivity index is 2.26. The number of carbonyl (C=O) groups is 1. The van der Waals surface area contributed by atoms with Crippen molar-refractivity contribution >= 4 is 5.91 Å². The van der Waals surface area contributed by atoms with Crippen LogP contribution in [0, 0.1) is 11.8 Å². The Morgan fingerprint density at radius 1 is 1.00 bits per heavy atom. The van der Waals surface area contributed by atoms with E-state index in [0.717, 1.165) is 31.8 Å². The van der Waals surface area contributed by atoms with Crippen LogP contribution in [0.3, 0.4) is 0 Å². The SMILES string of the molecule is CCCCCCCCC1CCC(=O)N(CC(CC)CCCC)C1. The molecule has 1 amide bonds. The molecule has 1 heterocycles. The van der Waals surface area contributed by atoms with Gasteiger partial charge in [0.1, 0.15) is 0 Å². The van der Waals surface area contributed by atoms with Crippen LogP contribution in [0.15, 0.2) is 0 Å². The van der Waals surface area contributed by atoms with Gasteiger partial charge in [0.05, 0.1) is 0 Å². The average molecular weight is 324 g/mol. The van der Waals surface area contributed by atoms with Gasteiger partial charge >= 0.3 is 0 Å². The predicted octanol–water partition coefficient (Wildman–Crippen LogP) is 6.19. The van der Waals surface area contributed by atoms with E-state index in [1.165, 1.54) is 70.6 Å². The topological polar surface area (TPSA) is 20.3 Å². The molecule has 0 bridgehead atoms. The molecule has 0 aromatic heterocycles. The number of hydrogen-bond acceptors (Lipinski definition) is 1. The van der Waals surface area contributed by atoms with Crippen molar-refractivity contribution in [3.63, 3.8) is 0 Å². The summed E-state index contributed by atoms with van der Waals surface area (Å²) in [5.74, 6) is 1.90. The van der Waals surface area contributed by atoms with Gasteiger partial charge in [0.2, 0.25) is 5.91 Å². The fourth-order valence-corrected chi connectivity index (χ4v) is 3.84.